The first-order valence-electron chi connectivity index (χ1n) is 26.6. The first-order valence-corrected chi connectivity index (χ1v) is 26.6. The number of nitrogens with zero attached hydrogens (tertiary/aromatic N) is 2. The molecule has 0 N–H and O–H groups in total. The second kappa shape index (κ2) is 17.9. The highest BCUT2D eigenvalue weighted by Crippen LogP contribution is 2.59. The van der Waals surface area contributed by atoms with Crippen LogP contribution >= 0.6 is 0 Å². The van der Waals surface area contributed by atoms with Crippen LogP contribution in [0.5, 0.6) is 0 Å². The Labute approximate surface area is 448 Å². The van der Waals surface area contributed by atoms with Gasteiger partial charge >= 0.3 is 0 Å². The van der Waals surface area contributed by atoms with Crippen LogP contribution in [0.1, 0.15) is 44.5 Å². The molecule has 0 bridgehead atoms. The molecule has 13 aromatic rings. The van der Waals surface area contributed by atoms with Crippen molar-refractivity contribution in [3.05, 3.63) is 348 Å². The van der Waals surface area contributed by atoms with E-state index in [-0.39, 0.29) is 0 Å². The first-order chi connectivity index (χ1) is 38.2. The van der Waals surface area contributed by atoms with E-state index in [9.17, 15) is 0 Å². The van der Waals surface area contributed by atoms with Crippen molar-refractivity contribution < 1.29 is 4.42 Å². The lowest BCUT2D eigenvalue weighted by Gasteiger charge is -2.35. The van der Waals surface area contributed by atoms with E-state index in [0.29, 0.717) is 0 Å². The van der Waals surface area contributed by atoms with E-state index in [0.717, 1.165) is 56.1 Å². The molecule has 362 valence electrons. The molecule has 0 radical (unpaired) electrons. The minimum atomic E-state index is -0.549. The summed E-state index contributed by atoms with van der Waals surface area (Å²) in [7, 11) is 0. The van der Waals surface area contributed by atoms with Gasteiger partial charge in [0, 0.05) is 44.9 Å². The Bertz CT molecular complexity index is 4270. The monoisotopic (exact) mass is 982 g/mol. The molecule has 77 heavy (non-hydrogen) atoms. The molecule has 0 aliphatic heterocycles. The number of hydrogen-bond donors (Lipinski definition) is 0. The third kappa shape index (κ3) is 6.77. The van der Waals surface area contributed by atoms with Crippen LogP contribution in [0.3, 0.4) is 0 Å². The smallest absolute Gasteiger partial charge is 0.135 e. The second-order valence-electron chi connectivity index (χ2n) is 20.3. The van der Waals surface area contributed by atoms with E-state index >= 15 is 0 Å². The maximum Gasteiger partial charge on any atom is 0.135 e. The summed E-state index contributed by atoms with van der Waals surface area (Å²) in [6.07, 6.45) is 0. The molecule has 1 aromatic heterocycles. The summed E-state index contributed by atoms with van der Waals surface area (Å²) in [4.78, 5) is 4.84. The molecule has 15 rings (SSSR count). The van der Waals surface area contributed by atoms with E-state index < -0.39 is 10.8 Å². The standard InChI is InChI=1S/C74H50N2O/c1-5-23-51(24-6-1)73(52-25-7-2-8-26-52)69-41-19-15-37-63(69)65-49-59(43-45-70(65)73)76(60-44-46-72-66(50-60)64-38-16-20-42-71(64)77-72)58-34-22-33-57(48-58)75(55-30-11-4-12-31-55)56-32-21-29-54(47-56)74(53-27-9-3-10-28-53)67-39-17-13-35-61(67)62-36-14-18-40-68(62)74/h1-50H. The van der Waals surface area contributed by atoms with Gasteiger partial charge in [-0.3, -0.25) is 0 Å². The zero-order valence-corrected chi connectivity index (χ0v) is 42.2. The zero-order valence-electron chi connectivity index (χ0n) is 42.2. The van der Waals surface area contributed by atoms with Crippen molar-refractivity contribution in [1.82, 2.24) is 0 Å². The van der Waals surface area contributed by atoms with Gasteiger partial charge in [-0.05, 0) is 146 Å². The Morgan fingerprint density at radius 3 is 1.19 bits per heavy atom. The lowest BCUT2D eigenvalue weighted by atomic mass is 9.67. The highest BCUT2D eigenvalue weighted by molar-refractivity contribution is 6.07. The van der Waals surface area contributed by atoms with E-state index in [1.54, 1.807) is 0 Å². The molecule has 3 heteroatoms. The molecule has 0 unspecified atom stereocenters. The van der Waals surface area contributed by atoms with Gasteiger partial charge in [-0.15, -0.1) is 0 Å². The molecule has 0 atom stereocenters. The Morgan fingerprint density at radius 1 is 0.221 bits per heavy atom. The summed E-state index contributed by atoms with van der Waals surface area (Å²) in [5.41, 5.74) is 22.0. The van der Waals surface area contributed by atoms with Gasteiger partial charge in [-0.1, -0.05) is 224 Å². The zero-order chi connectivity index (χ0) is 50.9. The van der Waals surface area contributed by atoms with Gasteiger partial charge in [0.15, 0.2) is 0 Å². The van der Waals surface area contributed by atoms with Gasteiger partial charge in [-0.25, -0.2) is 0 Å². The van der Waals surface area contributed by atoms with E-state index in [2.05, 4.69) is 307 Å². The molecule has 0 fully saturated rings. The van der Waals surface area contributed by atoms with E-state index in [4.69, 9.17) is 4.42 Å². The molecule has 0 saturated heterocycles. The van der Waals surface area contributed by atoms with Gasteiger partial charge in [0.1, 0.15) is 11.2 Å². The first kappa shape index (κ1) is 44.5. The molecular formula is C74H50N2O. The molecule has 1 heterocycles. The number of anilines is 6. The van der Waals surface area contributed by atoms with E-state index in [1.165, 1.54) is 66.8 Å². The van der Waals surface area contributed by atoms with Crippen LogP contribution in [-0.2, 0) is 10.8 Å². The summed E-state index contributed by atoms with van der Waals surface area (Å²) in [5.74, 6) is 0. The number of benzene rings is 12. The lowest BCUT2D eigenvalue weighted by Crippen LogP contribution is -2.28. The maximum atomic E-state index is 6.45. The molecule has 0 amide bonds. The van der Waals surface area contributed by atoms with Crippen LogP contribution in [0.2, 0.25) is 0 Å². The van der Waals surface area contributed by atoms with E-state index in [1.807, 2.05) is 6.07 Å². The summed E-state index contributed by atoms with van der Waals surface area (Å²) in [6.45, 7) is 0. The molecule has 3 nitrogen and oxygen atoms in total. The fourth-order valence-corrected chi connectivity index (χ4v) is 13.3. The largest absolute Gasteiger partial charge is 0.456 e. The Morgan fingerprint density at radius 2 is 0.597 bits per heavy atom. The van der Waals surface area contributed by atoms with Crippen molar-refractivity contribution in [2.75, 3.05) is 9.80 Å². The predicted octanol–water partition coefficient (Wildman–Crippen LogP) is 19.3. The molecule has 2 aliphatic carbocycles. The van der Waals surface area contributed by atoms with Crippen LogP contribution in [0.25, 0.3) is 44.2 Å². The number of fused-ring (bicyclic) bond motifs is 9. The average Bonchev–Trinajstić information content (AvgIpc) is 4.21. The minimum absolute atomic E-state index is 0.515. The Hall–Kier alpha value is -9.96. The quantitative estimate of drug-likeness (QED) is 0.136. The average molecular weight is 983 g/mol. The predicted molar refractivity (Wildman–Crippen MR) is 318 cm³/mol. The normalized spacial score (nSPS) is 13.4. The van der Waals surface area contributed by atoms with Crippen LogP contribution < -0.4 is 9.80 Å². The Kier molecular flexibility index (Phi) is 10.3. The van der Waals surface area contributed by atoms with Crippen molar-refractivity contribution in [3.63, 3.8) is 0 Å². The van der Waals surface area contributed by atoms with Crippen molar-refractivity contribution in [2.45, 2.75) is 10.8 Å². The molecule has 2 aliphatic rings. The van der Waals surface area contributed by atoms with Gasteiger partial charge in [-0.2, -0.15) is 0 Å². The molecule has 0 spiro atoms. The second-order valence-corrected chi connectivity index (χ2v) is 20.3. The van der Waals surface area contributed by atoms with Crippen molar-refractivity contribution >= 4 is 56.1 Å². The number of hydrogen-bond acceptors (Lipinski definition) is 3. The van der Waals surface area contributed by atoms with Crippen LogP contribution in [0.4, 0.5) is 34.1 Å². The highest BCUT2D eigenvalue weighted by atomic mass is 16.3. The number of rotatable bonds is 10. The maximum absolute atomic E-state index is 6.45. The van der Waals surface area contributed by atoms with Crippen LogP contribution in [0, 0.1) is 0 Å². The van der Waals surface area contributed by atoms with Gasteiger partial charge in [0.25, 0.3) is 0 Å². The number of para-hydroxylation sites is 2. The fourth-order valence-electron chi connectivity index (χ4n) is 13.3. The summed E-state index contributed by atoms with van der Waals surface area (Å²) < 4.78 is 6.45. The Balaban J connectivity index is 0.939. The molecule has 12 aromatic carbocycles. The third-order valence-corrected chi connectivity index (χ3v) is 16.4. The fraction of sp³-hybridized carbons (Fsp3) is 0.0270. The van der Waals surface area contributed by atoms with Crippen molar-refractivity contribution in [2.24, 2.45) is 0 Å². The van der Waals surface area contributed by atoms with Gasteiger partial charge in [0.2, 0.25) is 0 Å². The van der Waals surface area contributed by atoms with Crippen molar-refractivity contribution in [1.29, 1.82) is 0 Å². The highest BCUT2D eigenvalue weighted by Gasteiger charge is 2.47. The summed E-state index contributed by atoms with van der Waals surface area (Å²) in [6, 6.07) is 111. The molecular weight excluding hydrogens is 933 g/mol. The minimum Gasteiger partial charge on any atom is -0.456 e. The lowest BCUT2D eigenvalue weighted by molar-refractivity contribution is 0.669. The van der Waals surface area contributed by atoms with Gasteiger partial charge < -0.3 is 14.2 Å². The molecule has 0 saturated carbocycles. The summed E-state index contributed by atoms with van der Waals surface area (Å²) in [5, 5.41) is 2.16. The van der Waals surface area contributed by atoms with Crippen LogP contribution in [0.15, 0.2) is 308 Å². The van der Waals surface area contributed by atoms with Crippen LogP contribution in [-0.4, -0.2) is 0 Å². The topological polar surface area (TPSA) is 19.6 Å². The van der Waals surface area contributed by atoms with Crippen molar-refractivity contribution in [3.8, 4) is 22.3 Å². The number of furan rings is 1. The third-order valence-electron chi connectivity index (χ3n) is 16.4. The van der Waals surface area contributed by atoms with Gasteiger partial charge in [0.05, 0.1) is 10.8 Å². The summed E-state index contributed by atoms with van der Waals surface area (Å²) >= 11 is 0. The SMILES string of the molecule is c1ccc(N(c2cccc(N(c3ccc4c(c3)-c3ccccc3C4(c3ccccc3)c3ccccc3)c3ccc4oc5ccccc5c4c3)c2)c2cccc(C3(c4ccccc4)c4ccccc4-c4ccccc43)c2)cc1.